The zero-order chi connectivity index (χ0) is 55.4. The van der Waals surface area contributed by atoms with Crippen molar-refractivity contribution in [1.82, 2.24) is 5.32 Å². The predicted octanol–water partition coefficient (Wildman–Crippen LogP) is 16.2. The number of amides is 1. The Bertz CT molecular complexity index is 1390. The SMILES string of the molecule is CCCCCCCCCCCCCCCCCC/C=C/C(O)C(COC1OC(CO)C(O)C(OS(=O)(=O)O)C1O)NC(=O)CCCCCCCCCCCCCCCCCCCCCCCCCCCCCCCCC. The smallest absolute Gasteiger partial charge is 0.394 e. The minimum Gasteiger partial charge on any atom is -0.394 e. The molecule has 452 valence electrons. The van der Waals surface area contributed by atoms with E-state index in [4.69, 9.17) is 9.47 Å². The molecule has 0 spiro atoms. The van der Waals surface area contributed by atoms with Crippen molar-refractivity contribution in [3.8, 4) is 0 Å². The van der Waals surface area contributed by atoms with Gasteiger partial charge in [0.1, 0.15) is 24.4 Å². The molecule has 0 saturated carbocycles. The molecular formula is C63H123NO11S. The summed E-state index contributed by atoms with van der Waals surface area (Å²) in [6.07, 6.45) is 57.1. The summed E-state index contributed by atoms with van der Waals surface area (Å²) in [5, 5.41) is 45.1. The standard InChI is InChI=1S/C63H123NO11S/c1-3-5-7-9-11-13-15-17-19-21-23-24-25-26-27-28-29-30-31-32-33-34-35-37-39-41-43-45-47-49-51-53-59(67)64-56(55-73-63-61(69)62(75-76(70,71)72)60(68)58(54-65)74-63)57(66)52-50-48-46-44-42-40-38-36-22-20-18-16-14-12-10-8-6-4-2/h50,52,56-58,60-63,65-66,68-69H,3-49,51,53-55H2,1-2H3,(H,64,67)(H,70,71,72)/b52-50+. The Morgan fingerprint density at radius 1 is 0.513 bits per heavy atom. The molecule has 13 heteroatoms. The van der Waals surface area contributed by atoms with Crippen LogP contribution in [0.5, 0.6) is 0 Å². The van der Waals surface area contributed by atoms with Crippen molar-refractivity contribution in [1.29, 1.82) is 0 Å². The number of rotatable bonds is 58. The summed E-state index contributed by atoms with van der Waals surface area (Å²) in [5.74, 6) is -0.254. The van der Waals surface area contributed by atoms with E-state index in [1.807, 2.05) is 6.08 Å². The monoisotopic (exact) mass is 1100 g/mol. The van der Waals surface area contributed by atoms with Crippen LogP contribution in [0.1, 0.15) is 328 Å². The van der Waals surface area contributed by atoms with Crippen LogP contribution in [-0.4, -0.2) is 95.4 Å². The normalized spacial score (nSPS) is 19.0. The lowest BCUT2D eigenvalue weighted by Gasteiger charge is -2.41. The lowest BCUT2D eigenvalue weighted by Crippen LogP contribution is -2.61. The van der Waals surface area contributed by atoms with E-state index >= 15 is 0 Å². The van der Waals surface area contributed by atoms with Crippen LogP contribution in [0.25, 0.3) is 0 Å². The number of hydrogen-bond acceptors (Lipinski definition) is 10. The molecule has 0 aromatic carbocycles. The third-order valence-corrected chi connectivity index (χ3v) is 16.3. The molecule has 7 atom stereocenters. The molecule has 7 unspecified atom stereocenters. The van der Waals surface area contributed by atoms with Crippen LogP contribution < -0.4 is 5.32 Å². The number of hydrogen-bond donors (Lipinski definition) is 6. The molecular weight excluding hydrogens is 979 g/mol. The van der Waals surface area contributed by atoms with Gasteiger partial charge in [-0.05, 0) is 19.3 Å². The van der Waals surface area contributed by atoms with Crippen molar-refractivity contribution in [2.75, 3.05) is 13.2 Å². The molecule has 0 bridgehead atoms. The van der Waals surface area contributed by atoms with Gasteiger partial charge in [0, 0.05) is 6.42 Å². The van der Waals surface area contributed by atoms with Crippen molar-refractivity contribution in [2.24, 2.45) is 0 Å². The third-order valence-electron chi connectivity index (χ3n) is 15.8. The van der Waals surface area contributed by atoms with Crippen LogP contribution in [0.2, 0.25) is 0 Å². The van der Waals surface area contributed by atoms with E-state index < -0.39 is 59.9 Å². The molecule has 1 saturated heterocycles. The summed E-state index contributed by atoms with van der Waals surface area (Å²) in [5.41, 5.74) is 0. The number of carbonyl (C=O) groups is 1. The largest absolute Gasteiger partial charge is 0.397 e. The zero-order valence-corrected chi connectivity index (χ0v) is 50.2. The topological polar surface area (TPSA) is 192 Å². The van der Waals surface area contributed by atoms with E-state index in [1.54, 1.807) is 6.08 Å². The summed E-state index contributed by atoms with van der Waals surface area (Å²) in [6, 6.07) is -0.941. The Morgan fingerprint density at radius 3 is 1.14 bits per heavy atom. The van der Waals surface area contributed by atoms with Gasteiger partial charge in [0.05, 0.1) is 25.4 Å². The summed E-state index contributed by atoms with van der Waals surface area (Å²) in [7, 11) is -5.09. The van der Waals surface area contributed by atoms with E-state index in [0.29, 0.717) is 6.42 Å². The van der Waals surface area contributed by atoms with Crippen molar-refractivity contribution in [3.05, 3.63) is 12.2 Å². The van der Waals surface area contributed by atoms with Gasteiger partial charge in [-0.3, -0.25) is 9.35 Å². The molecule has 1 aliphatic rings. The first kappa shape index (κ1) is 72.9. The molecule has 1 heterocycles. The van der Waals surface area contributed by atoms with Crippen molar-refractivity contribution in [2.45, 2.75) is 371 Å². The van der Waals surface area contributed by atoms with Crippen LogP contribution >= 0.6 is 0 Å². The van der Waals surface area contributed by atoms with Crippen LogP contribution in [-0.2, 0) is 28.9 Å². The van der Waals surface area contributed by atoms with E-state index in [2.05, 4.69) is 23.3 Å². The molecule has 0 aromatic heterocycles. The summed E-state index contributed by atoms with van der Waals surface area (Å²) in [6.45, 7) is 3.45. The molecule has 1 aliphatic heterocycles. The van der Waals surface area contributed by atoms with Gasteiger partial charge in [-0.15, -0.1) is 0 Å². The first-order valence-electron chi connectivity index (χ1n) is 32.6. The van der Waals surface area contributed by atoms with Gasteiger partial charge >= 0.3 is 10.4 Å². The fourth-order valence-electron chi connectivity index (χ4n) is 10.8. The van der Waals surface area contributed by atoms with Crippen LogP contribution in [0.4, 0.5) is 0 Å². The number of carbonyl (C=O) groups excluding carboxylic acids is 1. The van der Waals surface area contributed by atoms with Gasteiger partial charge in [-0.25, -0.2) is 4.18 Å². The highest BCUT2D eigenvalue weighted by Gasteiger charge is 2.48. The van der Waals surface area contributed by atoms with Gasteiger partial charge in [0.25, 0.3) is 0 Å². The molecule has 1 rings (SSSR count). The first-order valence-corrected chi connectivity index (χ1v) is 33.9. The quantitative estimate of drug-likeness (QED) is 0.0193. The summed E-state index contributed by atoms with van der Waals surface area (Å²) in [4.78, 5) is 13.2. The number of nitrogens with one attached hydrogen (secondary N) is 1. The minimum atomic E-state index is -5.09. The van der Waals surface area contributed by atoms with Crippen LogP contribution in [0, 0.1) is 0 Å². The Hall–Kier alpha value is -1.16. The van der Waals surface area contributed by atoms with Crippen LogP contribution in [0.15, 0.2) is 12.2 Å². The lowest BCUT2D eigenvalue weighted by molar-refractivity contribution is -0.298. The second-order valence-corrected chi connectivity index (χ2v) is 24.1. The Labute approximate surface area is 468 Å². The molecule has 12 nitrogen and oxygen atoms in total. The number of aliphatic hydroxyl groups is 4. The Kier molecular flexibility index (Phi) is 51.0. The van der Waals surface area contributed by atoms with Gasteiger partial charge < -0.3 is 35.2 Å². The highest BCUT2D eigenvalue weighted by Crippen LogP contribution is 2.26. The molecule has 6 N–H and O–H groups in total. The molecule has 1 amide bonds. The molecule has 1 fully saturated rings. The van der Waals surface area contributed by atoms with E-state index in [-0.39, 0.29) is 18.9 Å². The number of unbranched alkanes of at least 4 members (excludes halogenated alkanes) is 46. The maximum atomic E-state index is 13.2. The molecule has 76 heavy (non-hydrogen) atoms. The maximum absolute atomic E-state index is 13.2. The first-order chi connectivity index (χ1) is 37.0. The lowest BCUT2D eigenvalue weighted by atomic mass is 9.99. The predicted molar refractivity (Wildman–Crippen MR) is 315 cm³/mol. The van der Waals surface area contributed by atoms with E-state index in [9.17, 15) is 38.2 Å². The molecule has 0 aromatic rings. The van der Waals surface area contributed by atoms with E-state index in [1.165, 1.54) is 263 Å². The van der Waals surface area contributed by atoms with Gasteiger partial charge in [-0.2, -0.15) is 8.42 Å². The van der Waals surface area contributed by atoms with Crippen LogP contribution in [0.3, 0.4) is 0 Å². The summed E-state index contributed by atoms with van der Waals surface area (Å²) < 4.78 is 47.9. The highest BCUT2D eigenvalue weighted by atomic mass is 32.3. The average molecular weight is 1100 g/mol. The van der Waals surface area contributed by atoms with E-state index in [0.717, 1.165) is 38.5 Å². The number of aliphatic hydroxyl groups excluding tert-OH is 4. The second kappa shape index (κ2) is 53.2. The minimum absolute atomic E-state index is 0.254. The highest BCUT2D eigenvalue weighted by molar-refractivity contribution is 7.80. The van der Waals surface area contributed by atoms with Crippen molar-refractivity contribution in [3.63, 3.8) is 0 Å². The fourth-order valence-corrected chi connectivity index (χ4v) is 11.3. The van der Waals surface area contributed by atoms with Gasteiger partial charge in [-0.1, -0.05) is 315 Å². The summed E-state index contributed by atoms with van der Waals surface area (Å²) >= 11 is 0. The van der Waals surface area contributed by atoms with Crippen molar-refractivity contribution >= 4 is 16.3 Å². The molecule has 0 radical (unpaired) electrons. The average Bonchev–Trinajstić information content (AvgIpc) is 3.40. The van der Waals surface area contributed by atoms with Crippen molar-refractivity contribution < 1.29 is 51.8 Å². The Balaban J connectivity index is 2.24. The second-order valence-electron chi connectivity index (χ2n) is 23.1. The number of allylic oxidation sites excluding steroid dienone is 1. The third kappa shape index (κ3) is 44.6. The Morgan fingerprint density at radius 2 is 0.829 bits per heavy atom. The maximum Gasteiger partial charge on any atom is 0.397 e. The van der Waals surface area contributed by atoms with Gasteiger partial charge in [0.2, 0.25) is 5.91 Å². The fraction of sp³-hybridized carbons (Fsp3) is 0.952. The van der Waals surface area contributed by atoms with Gasteiger partial charge in [0.15, 0.2) is 6.29 Å². The molecule has 0 aliphatic carbocycles. The number of ether oxygens (including phenoxy) is 2. The zero-order valence-electron chi connectivity index (χ0n) is 49.4.